The Morgan fingerprint density at radius 1 is 1.44 bits per heavy atom. The predicted molar refractivity (Wildman–Crippen MR) is 34.6 cm³/mol. The zero-order valence-electron chi connectivity index (χ0n) is 5.80. The highest BCUT2D eigenvalue weighted by molar-refractivity contribution is 4.75. The molecule has 2 nitrogen and oxygen atoms in total. The Kier molecular flexibility index (Phi) is 7.37. The quantitative estimate of drug-likeness (QED) is 0.240. The first-order chi connectivity index (χ1) is 4.41. The van der Waals surface area contributed by atoms with Crippen LogP contribution in [-0.2, 0) is 4.89 Å². The lowest BCUT2D eigenvalue weighted by atomic mass is 10.2. The van der Waals surface area contributed by atoms with Crippen molar-refractivity contribution in [1.82, 2.24) is 0 Å². The molecular formula is C7H13O2-. The standard InChI is InChI=1S/C7H14O2/c1-2-3-4-5-6-7-9-8/h2-3,8H,4-7H2,1H3/p-1/b3-2+. The van der Waals surface area contributed by atoms with Crippen molar-refractivity contribution in [3.63, 3.8) is 0 Å². The Labute approximate surface area is 56.1 Å². The van der Waals surface area contributed by atoms with Crippen LogP contribution in [0.2, 0.25) is 0 Å². The van der Waals surface area contributed by atoms with Crippen LogP contribution in [0.25, 0.3) is 0 Å². The average Bonchev–Trinajstić information content (AvgIpc) is 1.89. The smallest absolute Gasteiger partial charge is 0.0341 e. The molecule has 0 radical (unpaired) electrons. The van der Waals surface area contributed by atoms with E-state index in [1.165, 1.54) is 0 Å². The molecule has 0 heterocycles. The molecule has 0 aliphatic heterocycles. The summed E-state index contributed by atoms with van der Waals surface area (Å²) in [4.78, 5) is 3.65. The Bertz CT molecular complexity index is 69.3. The minimum atomic E-state index is 0.345. The second kappa shape index (κ2) is 7.66. The van der Waals surface area contributed by atoms with Gasteiger partial charge in [-0.2, -0.15) is 0 Å². The molecule has 0 fully saturated rings. The number of rotatable bonds is 5. The Balaban J connectivity index is 2.75. The van der Waals surface area contributed by atoms with Gasteiger partial charge in [0.15, 0.2) is 0 Å². The minimum absolute atomic E-state index is 0.345. The van der Waals surface area contributed by atoms with Crippen molar-refractivity contribution < 1.29 is 10.1 Å². The fraction of sp³-hybridized carbons (Fsp3) is 0.714. The fourth-order valence-corrected chi connectivity index (χ4v) is 0.590. The van der Waals surface area contributed by atoms with Crippen LogP contribution in [0.1, 0.15) is 26.2 Å². The average molecular weight is 129 g/mol. The number of hydrogen-bond acceptors (Lipinski definition) is 2. The third-order valence-electron chi connectivity index (χ3n) is 1.08. The summed E-state index contributed by atoms with van der Waals surface area (Å²) in [6, 6.07) is 0. The molecule has 0 N–H and O–H groups in total. The molecular weight excluding hydrogens is 116 g/mol. The van der Waals surface area contributed by atoms with Crippen molar-refractivity contribution in [3.05, 3.63) is 12.2 Å². The van der Waals surface area contributed by atoms with Crippen molar-refractivity contribution in [2.24, 2.45) is 0 Å². The van der Waals surface area contributed by atoms with Gasteiger partial charge in [-0.05, 0) is 26.2 Å². The van der Waals surface area contributed by atoms with Gasteiger partial charge in [-0.1, -0.05) is 12.2 Å². The normalized spacial score (nSPS) is 10.9. The lowest BCUT2D eigenvalue weighted by Gasteiger charge is -2.03. The molecule has 0 aromatic rings. The molecule has 0 spiro atoms. The number of hydrogen-bond donors (Lipinski definition) is 0. The van der Waals surface area contributed by atoms with Gasteiger partial charge in [0, 0.05) is 6.61 Å². The van der Waals surface area contributed by atoms with Gasteiger partial charge in [0.1, 0.15) is 0 Å². The summed E-state index contributed by atoms with van der Waals surface area (Å²) in [6.45, 7) is 2.33. The van der Waals surface area contributed by atoms with E-state index in [1.807, 2.05) is 13.0 Å². The first-order valence-corrected chi connectivity index (χ1v) is 3.27. The zero-order valence-corrected chi connectivity index (χ0v) is 5.80. The van der Waals surface area contributed by atoms with Gasteiger partial charge in [-0.3, -0.25) is 0 Å². The van der Waals surface area contributed by atoms with Crippen LogP contribution in [0.3, 0.4) is 0 Å². The fourth-order valence-electron chi connectivity index (χ4n) is 0.590. The van der Waals surface area contributed by atoms with Crippen molar-refractivity contribution in [2.45, 2.75) is 26.2 Å². The summed E-state index contributed by atoms with van der Waals surface area (Å²) in [5.74, 6) is 0. The van der Waals surface area contributed by atoms with Crippen LogP contribution < -0.4 is 5.26 Å². The number of allylic oxidation sites excluding steroid dienone is 2. The van der Waals surface area contributed by atoms with Crippen LogP contribution in [0.5, 0.6) is 0 Å². The van der Waals surface area contributed by atoms with E-state index in [0.717, 1.165) is 19.3 Å². The second-order valence-electron chi connectivity index (χ2n) is 1.89. The van der Waals surface area contributed by atoms with E-state index < -0.39 is 0 Å². The summed E-state index contributed by atoms with van der Waals surface area (Å²) in [5.41, 5.74) is 0. The molecule has 0 bridgehead atoms. The highest BCUT2D eigenvalue weighted by atomic mass is 17.1. The van der Waals surface area contributed by atoms with Crippen molar-refractivity contribution >= 4 is 0 Å². The molecule has 9 heavy (non-hydrogen) atoms. The van der Waals surface area contributed by atoms with Crippen LogP contribution in [0.4, 0.5) is 0 Å². The van der Waals surface area contributed by atoms with Crippen LogP contribution in [0.15, 0.2) is 12.2 Å². The number of unbranched alkanes of at least 4 members (excludes halogenated alkanes) is 2. The molecule has 54 valence electrons. The largest absolute Gasteiger partial charge is 0.723 e. The van der Waals surface area contributed by atoms with Gasteiger partial charge in [0.05, 0.1) is 0 Å². The molecule has 0 aromatic carbocycles. The van der Waals surface area contributed by atoms with Gasteiger partial charge in [0.2, 0.25) is 0 Å². The van der Waals surface area contributed by atoms with Gasteiger partial charge < -0.3 is 10.1 Å². The van der Waals surface area contributed by atoms with E-state index >= 15 is 0 Å². The van der Waals surface area contributed by atoms with E-state index in [-0.39, 0.29) is 0 Å². The maximum atomic E-state index is 9.44. The highest BCUT2D eigenvalue weighted by Gasteiger charge is 1.80. The molecule has 0 aliphatic rings. The van der Waals surface area contributed by atoms with Crippen LogP contribution in [-0.4, -0.2) is 6.61 Å². The topological polar surface area (TPSA) is 32.3 Å². The second-order valence-corrected chi connectivity index (χ2v) is 1.89. The molecule has 0 unspecified atom stereocenters. The summed E-state index contributed by atoms with van der Waals surface area (Å²) in [6.07, 6.45) is 7.07. The summed E-state index contributed by atoms with van der Waals surface area (Å²) in [7, 11) is 0. The van der Waals surface area contributed by atoms with Crippen LogP contribution >= 0.6 is 0 Å². The van der Waals surface area contributed by atoms with Crippen LogP contribution in [0, 0.1) is 0 Å². The third-order valence-corrected chi connectivity index (χ3v) is 1.08. The lowest BCUT2D eigenvalue weighted by Crippen LogP contribution is -2.05. The first kappa shape index (κ1) is 8.66. The lowest BCUT2D eigenvalue weighted by molar-refractivity contribution is -0.689. The minimum Gasteiger partial charge on any atom is -0.723 e. The van der Waals surface area contributed by atoms with E-state index in [0.29, 0.717) is 6.61 Å². The molecule has 0 aromatic heterocycles. The monoisotopic (exact) mass is 129 g/mol. The van der Waals surface area contributed by atoms with E-state index in [1.54, 1.807) is 0 Å². The van der Waals surface area contributed by atoms with Crippen molar-refractivity contribution in [2.75, 3.05) is 6.61 Å². The summed E-state index contributed by atoms with van der Waals surface area (Å²) < 4.78 is 0. The summed E-state index contributed by atoms with van der Waals surface area (Å²) >= 11 is 0. The van der Waals surface area contributed by atoms with E-state index in [9.17, 15) is 5.26 Å². The zero-order chi connectivity index (χ0) is 6.95. The molecule has 0 saturated carbocycles. The Hall–Kier alpha value is -0.340. The maximum absolute atomic E-state index is 9.44. The molecule has 0 atom stereocenters. The van der Waals surface area contributed by atoms with Gasteiger partial charge in [-0.15, -0.1) is 0 Å². The molecule has 0 saturated heterocycles. The predicted octanol–water partition coefficient (Wildman–Crippen LogP) is 1.02. The molecule has 0 rings (SSSR count). The third kappa shape index (κ3) is 7.66. The maximum Gasteiger partial charge on any atom is 0.0341 e. The molecule has 0 aliphatic carbocycles. The van der Waals surface area contributed by atoms with Crippen molar-refractivity contribution in [1.29, 1.82) is 0 Å². The van der Waals surface area contributed by atoms with E-state index in [4.69, 9.17) is 0 Å². The van der Waals surface area contributed by atoms with Crippen molar-refractivity contribution in [3.8, 4) is 0 Å². The van der Waals surface area contributed by atoms with E-state index in [2.05, 4.69) is 11.0 Å². The summed E-state index contributed by atoms with van der Waals surface area (Å²) in [5, 5.41) is 9.44. The molecule has 0 amide bonds. The first-order valence-electron chi connectivity index (χ1n) is 3.27. The van der Waals surface area contributed by atoms with Gasteiger partial charge >= 0.3 is 0 Å². The SMILES string of the molecule is C/C=C/CCCCO[O-]. The Morgan fingerprint density at radius 3 is 2.78 bits per heavy atom. The Morgan fingerprint density at radius 2 is 2.22 bits per heavy atom. The highest BCUT2D eigenvalue weighted by Crippen LogP contribution is 1.95. The molecule has 2 heteroatoms. The van der Waals surface area contributed by atoms with Gasteiger partial charge in [-0.25, -0.2) is 0 Å². The van der Waals surface area contributed by atoms with Gasteiger partial charge in [0.25, 0.3) is 0 Å².